The average molecular weight is 266 g/mol. The number of rotatable bonds is 0. The van der Waals surface area contributed by atoms with Crippen molar-refractivity contribution in [2.24, 2.45) is 0 Å². The Morgan fingerprint density at radius 1 is 0.800 bits per heavy atom. The Kier molecular flexibility index (Phi) is 33.1. The Morgan fingerprint density at radius 2 is 0.800 bits per heavy atom. The first-order chi connectivity index (χ1) is 5.46. The molecule has 0 heterocycles. The molecule has 15 heavy (non-hydrogen) atoms. The molecule has 0 fully saturated rings. The molecular weight excluding hydrogens is 262 g/mol. The third-order valence-electron chi connectivity index (χ3n) is 0. The van der Waals surface area contributed by atoms with Crippen LogP contribution in [0.3, 0.4) is 0 Å². The summed E-state index contributed by atoms with van der Waals surface area (Å²) in [6.45, 7) is 0. The van der Waals surface area contributed by atoms with Gasteiger partial charge in [0.05, 0.1) is 0 Å². The second-order valence-corrected chi connectivity index (χ2v) is 1.79. The first-order valence-electron chi connectivity index (χ1n) is 1.97. The molecular formula is C2H4Na2O10S. The van der Waals surface area contributed by atoms with E-state index < -0.39 is 22.7 Å². The van der Waals surface area contributed by atoms with Crippen molar-refractivity contribution in [3.8, 4) is 0 Å². The topological polar surface area (TPSA) is 195 Å². The first kappa shape index (κ1) is 29.5. The predicted molar refractivity (Wildman–Crippen MR) is 31.8 cm³/mol. The zero-order valence-corrected chi connectivity index (χ0v) is 12.5. The van der Waals surface area contributed by atoms with Crippen molar-refractivity contribution in [3.05, 3.63) is 0 Å². The van der Waals surface area contributed by atoms with Crippen molar-refractivity contribution in [3.63, 3.8) is 0 Å². The summed E-state index contributed by atoms with van der Waals surface area (Å²) < 4.78 is 34.1. The zero-order valence-electron chi connectivity index (χ0n) is 7.65. The minimum absolute atomic E-state index is 0. The maximum absolute atomic E-state index is 8.56. The average Bonchev–Trinajstić information content (AvgIpc) is 1.50. The van der Waals surface area contributed by atoms with Gasteiger partial charge in [-0.25, -0.2) is 9.59 Å². The minimum Gasteiger partial charge on any atom is -0.759 e. The fourth-order valence-electron chi connectivity index (χ4n) is 0. The van der Waals surface area contributed by atoms with Gasteiger partial charge in [0.1, 0.15) is 0 Å². The van der Waals surface area contributed by atoms with Gasteiger partial charge in [0.2, 0.25) is 0 Å². The molecule has 0 aliphatic carbocycles. The summed E-state index contributed by atoms with van der Waals surface area (Å²) in [5, 5.41) is 27.9. The van der Waals surface area contributed by atoms with Crippen LogP contribution >= 0.6 is 0 Å². The SMILES string of the molecule is O=C(O)O.O=C(O)O.O=S(=O)([O-])[O-].[Na+].[Na+]. The second-order valence-electron chi connectivity index (χ2n) is 0.973. The van der Waals surface area contributed by atoms with Crippen molar-refractivity contribution in [2.75, 3.05) is 0 Å². The van der Waals surface area contributed by atoms with Gasteiger partial charge in [0, 0.05) is 10.4 Å². The van der Waals surface area contributed by atoms with Gasteiger partial charge in [0.15, 0.2) is 0 Å². The van der Waals surface area contributed by atoms with E-state index in [9.17, 15) is 0 Å². The molecule has 13 heteroatoms. The van der Waals surface area contributed by atoms with Gasteiger partial charge in [0.25, 0.3) is 0 Å². The van der Waals surface area contributed by atoms with Crippen LogP contribution in [-0.4, -0.2) is 50.3 Å². The third-order valence-corrected chi connectivity index (χ3v) is 0. The molecule has 0 aromatic carbocycles. The molecule has 0 radical (unpaired) electrons. The normalized spacial score (nSPS) is 7.07. The van der Waals surface area contributed by atoms with Crippen LogP contribution in [0.25, 0.3) is 0 Å². The van der Waals surface area contributed by atoms with E-state index in [2.05, 4.69) is 0 Å². The monoisotopic (exact) mass is 266 g/mol. The largest absolute Gasteiger partial charge is 1.00 e. The molecule has 4 N–H and O–H groups in total. The standard InChI is InChI=1S/2CH2O3.2Na.H2O4S/c2*2-1(3)4;;;1-5(2,3)4/h2*(H2,2,3,4);;;(H2,1,2,3,4)/q;;2*+1;/p-2. The summed E-state index contributed by atoms with van der Waals surface area (Å²) in [6, 6.07) is 0. The molecule has 0 aromatic heterocycles. The van der Waals surface area contributed by atoms with E-state index in [0.29, 0.717) is 0 Å². The second kappa shape index (κ2) is 16.8. The van der Waals surface area contributed by atoms with Crippen LogP contribution in [0.2, 0.25) is 0 Å². The Morgan fingerprint density at radius 3 is 0.800 bits per heavy atom. The Hall–Kier alpha value is 0.410. The Balaban J connectivity index is -0.0000000315. The van der Waals surface area contributed by atoms with Crippen LogP contribution < -0.4 is 59.1 Å². The van der Waals surface area contributed by atoms with E-state index in [1.165, 1.54) is 0 Å². The fourth-order valence-corrected chi connectivity index (χ4v) is 0. The maximum atomic E-state index is 8.56. The van der Waals surface area contributed by atoms with Crippen LogP contribution in [0.1, 0.15) is 0 Å². The summed E-state index contributed by atoms with van der Waals surface area (Å²) in [6.07, 6.45) is -3.67. The molecule has 0 unspecified atom stereocenters. The molecule has 0 aliphatic heterocycles. The summed E-state index contributed by atoms with van der Waals surface area (Å²) >= 11 is 0. The van der Waals surface area contributed by atoms with Crippen molar-refractivity contribution >= 4 is 22.7 Å². The number of carboxylic acid groups (broad SMARTS) is 4. The van der Waals surface area contributed by atoms with E-state index in [4.69, 9.17) is 47.5 Å². The Bertz CT molecular complexity index is 216. The van der Waals surface area contributed by atoms with E-state index in [-0.39, 0.29) is 59.1 Å². The summed E-state index contributed by atoms with van der Waals surface area (Å²) in [4.78, 5) is 17.1. The quantitative estimate of drug-likeness (QED) is 0.186. The summed E-state index contributed by atoms with van der Waals surface area (Å²) in [7, 11) is -5.17. The van der Waals surface area contributed by atoms with Gasteiger partial charge in [-0.1, -0.05) is 0 Å². The van der Waals surface area contributed by atoms with Crippen molar-refractivity contribution in [1.82, 2.24) is 0 Å². The third kappa shape index (κ3) is 13200. The molecule has 0 rings (SSSR count). The van der Waals surface area contributed by atoms with Gasteiger partial charge in [-0.2, -0.15) is 0 Å². The van der Waals surface area contributed by atoms with Crippen LogP contribution in [0.15, 0.2) is 0 Å². The van der Waals surface area contributed by atoms with Crippen molar-refractivity contribution in [2.45, 2.75) is 0 Å². The summed E-state index contributed by atoms with van der Waals surface area (Å²) in [5.74, 6) is 0. The fraction of sp³-hybridized carbons (Fsp3) is 0. The number of hydrogen-bond donors (Lipinski definition) is 4. The first-order valence-corrected chi connectivity index (χ1v) is 3.30. The molecule has 0 spiro atoms. The summed E-state index contributed by atoms with van der Waals surface area (Å²) in [5.41, 5.74) is 0. The molecule has 0 atom stereocenters. The zero-order chi connectivity index (χ0) is 11.7. The van der Waals surface area contributed by atoms with E-state index in [0.717, 1.165) is 0 Å². The minimum atomic E-state index is -5.17. The maximum Gasteiger partial charge on any atom is 1.00 e. The smallest absolute Gasteiger partial charge is 0.759 e. The molecule has 0 saturated carbocycles. The number of carbonyl (C=O) groups is 2. The van der Waals surface area contributed by atoms with Gasteiger partial charge in [-0.05, 0) is 0 Å². The molecule has 0 amide bonds. The molecule has 0 aromatic rings. The molecule has 0 aliphatic rings. The van der Waals surface area contributed by atoms with E-state index in [1.807, 2.05) is 0 Å². The molecule has 10 nitrogen and oxygen atoms in total. The molecule has 80 valence electrons. The number of hydrogen-bond acceptors (Lipinski definition) is 6. The van der Waals surface area contributed by atoms with E-state index in [1.54, 1.807) is 0 Å². The Labute approximate surface area is 128 Å². The molecule has 0 bridgehead atoms. The van der Waals surface area contributed by atoms with Crippen molar-refractivity contribution < 1.29 is 107 Å². The molecule has 0 saturated heterocycles. The van der Waals surface area contributed by atoms with Gasteiger partial charge >= 0.3 is 71.4 Å². The van der Waals surface area contributed by atoms with E-state index >= 15 is 0 Å². The van der Waals surface area contributed by atoms with Gasteiger partial charge < -0.3 is 29.5 Å². The van der Waals surface area contributed by atoms with Gasteiger partial charge in [-0.3, -0.25) is 8.42 Å². The predicted octanol–water partition coefficient (Wildman–Crippen LogP) is -6.89. The van der Waals surface area contributed by atoms with Crippen LogP contribution in [-0.2, 0) is 10.4 Å². The van der Waals surface area contributed by atoms with Crippen LogP contribution in [0, 0.1) is 0 Å². The van der Waals surface area contributed by atoms with Crippen LogP contribution in [0.4, 0.5) is 9.59 Å². The van der Waals surface area contributed by atoms with Crippen LogP contribution in [0.5, 0.6) is 0 Å². The van der Waals surface area contributed by atoms with Crippen molar-refractivity contribution in [1.29, 1.82) is 0 Å². The van der Waals surface area contributed by atoms with Gasteiger partial charge in [-0.15, -0.1) is 0 Å².